The number of likely N-dealkylation sites (tertiary alicyclic amines) is 2. The van der Waals surface area contributed by atoms with Crippen LogP contribution in [0.4, 0.5) is 0 Å². The number of carbonyl (C=O) groups is 2. The number of carbonyl (C=O) groups excluding carboxylic acids is 2. The maximum atomic E-state index is 12.4. The van der Waals surface area contributed by atoms with Crippen molar-refractivity contribution in [2.24, 2.45) is 11.7 Å². The molecule has 0 aromatic carbocycles. The number of piperidine rings is 2. The second kappa shape index (κ2) is 6.15. The summed E-state index contributed by atoms with van der Waals surface area (Å²) in [5.41, 5.74) is 5.63. The standard InChI is InChI=1S/C15H21N3O2S/c16-6-8-18-12-5-7-17(10-11(12)3-4-14(18)19)15(20)13-2-1-9-21-13/h1-2,9,11-12H,3-8,10,16H2/t11-,12+/m1/s1. The molecule has 6 heteroatoms. The van der Waals surface area contributed by atoms with Crippen molar-refractivity contribution in [2.75, 3.05) is 26.2 Å². The molecule has 3 rings (SSSR count). The first kappa shape index (κ1) is 14.5. The Bertz CT molecular complexity index is 517. The summed E-state index contributed by atoms with van der Waals surface area (Å²) in [5, 5.41) is 1.93. The van der Waals surface area contributed by atoms with E-state index in [2.05, 4.69) is 0 Å². The van der Waals surface area contributed by atoms with E-state index < -0.39 is 0 Å². The molecule has 2 amide bonds. The maximum absolute atomic E-state index is 12.4. The molecule has 2 saturated heterocycles. The van der Waals surface area contributed by atoms with Gasteiger partial charge in [-0.15, -0.1) is 11.3 Å². The highest BCUT2D eigenvalue weighted by molar-refractivity contribution is 7.12. The number of thiophene rings is 1. The smallest absolute Gasteiger partial charge is 0.263 e. The van der Waals surface area contributed by atoms with E-state index in [9.17, 15) is 9.59 Å². The molecule has 2 fully saturated rings. The lowest BCUT2D eigenvalue weighted by atomic mass is 9.83. The fraction of sp³-hybridized carbons (Fsp3) is 0.600. The van der Waals surface area contributed by atoms with Crippen molar-refractivity contribution in [1.82, 2.24) is 9.80 Å². The second-order valence-electron chi connectivity index (χ2n) is 5.76. The van der Waals surface area contributed by atoms with Gasteiger partial charge in [0.2, 0.25) is 5.91 Å². The second-order valence-corrected chi connectivity index (χ2v) is 6.71. The van der Waals surface area contributed by atoms with Crippen LogP contribution in [0.2, 0.25) is 0 Å². The molecule has 2 aliphatic heterocycles. The molecule has 0 radical (unpaired) electrons. The van der Waals surface area contributed by atoms with Gasteiger partial charge in [-0.3, -0.25) is 9.59 Å². The Morgan fingerprint density at radius 1 is 1.43 bits per heavy atom. The van der Waals surface area contributed by atoms with Crippen LogP contribution in [0.15, 0.2) is 17.5 Å². The fourth-order valence-electron chi connectivity index (χ4n) is 3.52. The Kier molecular flexibility index (Phi) is 4.26. The number of nitrogens with zero attached hydrogens (tertiary/aromatic N) is 2. The predicted octanol–water partition coefficient (Wildman–Crippen LogP) is 1.16. The molecule has 2 aliphatic rings. The molecule has 0 unspecified atom stereocenters. The SMILES string of the molecule is NCCN1C(=O)CC[C@@H]2CN(C(=O)c3cccs3)CC[C@@H]21. The molecule has 2 N–H and O–H groups in total. The average molecular weight is 307 g/mol. The molecule has 114 valence electrons. The van der Waals surface area contributed by atoms with Gasteiger partial charge in [-0.05, 0) is 30.2 Å². The van der Waals surface area contributed by atoms with Crippen LogP contribution in [0, 0.1) is 5.92 Å². The molecule has 1 aromatic rings. The summed E-state index contributed by atoms with van der Waals surface area (Å²) in [6.07, 6.45) is 2.34. The van der Waals surface area contributed by atoms with Crippen LogP contribution in [0.5, 0.6) is 0 Å². The van der Waals surface area contributed by atoms with Crippen LogP contribution in [-0.2, 0) is 4.79 Å². The molecule has 5 nitrogen and oxygen atoms in total. The molecule has 1 aromatic heterocycles. The topological polar surface area (TPSA) is 66.6 Å². The average Bonchev–Trinajstić information content (AvgIpc) is 3.03. The molecule has 2 atom stereocenters. The van der Waals surface area contributed by atoms with Crippen molar-refractivity contribution in [3.05, 3.63) is 22.4 Å². The van der Waals surface area contributed by atoms with Crippen LogP contribution in [0.3, 0.4) is 0 Å². The Hall–Kier alpha value is -1.40. The van der Waals surface area contributed by atoms with Crippen molar-refractivity contribution in [1.29, 1.82) is 0 Å². The van der Waals surface area contributed by atoms with E-state index in [1.54, 1.807) is 0 Å². The molecular formula is C15H21N3O2S. The van der Waals surface area contributed by atoms with Gasteiger partial charge in [0, 0.05) is 38.6 Å². The van der Waals surface area contributed by atoms with Crippen LogP contribution in [0.25, 0.3) is 0 Å². The van der Waals surface area contributed by atoms with Gasteiger partial charge in [-0.25, -0.2) is 0 Å². The van der Waals surface area contributed by atoms with E-state index in [1.807, 2.05) is 27.3 Å². The van der Waals surface area contributed by atoms with Crippen molar-refractivity contribution < 1.29 is 9.59 Å². The fourth-order valence-corrected chi connectivity index (χ4v) is 4.21. The number of amides is 2. The molecule has 0 saturated carbocycles. The largest absolute Gasteiger partial charge is 0.338 e. The zero-order valence-corrected chi connectivity index (χ0v) is 12.8. The number of hydrogen-bond acceptors (Lipinski definition) is 4. The minimum Gasteiger partial charge on any atom is -0.338 e. The van der Waals surface area contributed by atoms with E-state index in [4.69, 9.17) is 5.73 Å². The molecule has 0 aliphatic carbocycles. The van der Waals surface area contributed by atoms with Gasteiger partial charge in [-0.2, -0.15) is 0 Å². The van der Waals surface area contributed by atoms with Gasteiger partial charge >= 0.3 is 0 Å². The predicted molar refractivity (Wildman–Crippen MR) is 82.1 cm³/mol. The minimum absolute atomic E-state index is 0.130. The summed E-state index contributed by atoms with van der Waals surface area (Å²) in [6, 6.07) is 4.05. The first-order chi connectivity index (χ1) is 10.2. The van der Waals surface area contributed by atoms with Gasteiger partial charge in [0.15, 0.2) is 0 Å². The maximum Gasteiger partial charge on any atom is 0.263 e. The van der Waals surface area contributed by atoms with Crippen LogP contribution in [-0.4, -0.2) is 53.8 Å². The zero-order valence-electron chi connectivity index (χ0n) is 12.0. The molecule has 0 spiro atoms. The minimum atomic E-state index is 0.130. The third kappa shape index (κ3) is 2.82. The number of hydrogen-bond donors (Lipinski definition) is 1. The van der Waals surface area contributed by atoms with Crippen LogP contribution >= 0.6 is 11.3 Å². The highest BCUT2D eigenvalue weighted by Gasteiger charge is 2.40. The lowest BCUT2D eigenvalue weighted by molar-refractivity contribution is -0.140. The van der Waals surface area contributed by atoms with Crippen molar-refractivity contribution in [2.45, 2.75) is 25.3 Å². The first-order valence-electron chi connectivity index (χ1n) is 7.53. The highest BCUT2D eigenvalue weighted by Crippen LogP contribution is 2.31. The number of fused-ring (bicyclic) bond motifs is 1. The molecule has 3 heterocycles. The van der Waals surface area contributed by atoms with Crippen LogP contribution < -0.4 is 5.73 Å². The third-order valence-corrected chi connectivity index (χ3v) is 5.39. The summed E-state index contributed by atoms with van der Waals surface area (Å²) < 4.78 is 0. The molecule has 0 bridgehead atoms. The lowest BCUT2D eigenvalue weighted by Crippen LogP contribution is -2.57. The van der Waals surface area contributed by atoms with Crippen molar-refractivity contribution >= 4 is 23.2 Å². The Labute approximate surface area is 128 Å². The van der Waals surface area contributed by atoms with Gasteiger partial charge in [0.05, 0.1) is 4.88 Å². The van der Waals surface area contributed by atoms with Gasteiger partial charge < -0.3 is 15.5 Å². The van der Waals surface area contributed by atoms with Crippen molar-refractivity contribution in [3.8, 4) is 0 Å². The third-order valence-electron chi connectivity index (χ3n) is 4.53. The zero-order chi connectivity index (χ0) is 14.8. The molecular weight excluding hydrogens is 286 g/mol. The van der Waals surface area contributed by atoms with Gasteiger partial charge in [0.25, 0.3) is 5.91 Å². The summed E-state index contributed by atoms with van der Waals surface area (Å²) in [5.74, 6) is 0.748. The number of nitrogens with two attached hydrogens (primary N) is 1. The first-order valence-corrected chi connectivity index (χ1v) is 8.41. The molecule has 21 heavy (non-hydrogen) atoms. The van der Waals surface area contributed by atoms with Gasteiger partial charge in [-0.1, -0.05) is 6.07 Å². The van der Waals surface area contributed by atoms with E-state index in [0.29, 0.717) is 25.4 Å². The van der Waals surface area contributed by atoms with E-state index >= 15 is 0 Å². The Balaban J connectivity index is 1.69. The van der Waals surface area contributed by atoms with E-state index in [1.165, 1.54) is 11.3 Å². The normalized spacial score (nSPS) is 25.9. The number of rotatable bonds is 3. The quantitative estimate of drug-likeness (QED) is 0.911. The Morgan fingerprint density at radius 2 is 2.29 bits per heavy atom. The van der Waals surface area contributed by atoms with E-state index in [0.717, 1.165) is 30.8 Å². The van der Waals surface area contributed by atoms with Crippen molar-refractivity contribution in [3.63, 3.8) is 0 Å². The lowest BCUT2D eigenvalue weighted by Gasteiger charge is -2.47. The summed E-state index contributed by atoms with van der Waals surface area (Å²) in [6.45, 7) is 2.63. The summed E-state index contributed by atoms with van der Waals surface area (Å²) in [4.78, 5) is 29.2. The van der Waals surface area contributed by atoms with Crippen LogP contribution in [0.1, 0.15) is 28.9 Å². The summed E-state index contributed by atoms with van der Waals surface area (Å²) in [7, 11) is 0. The highest BCUT2D eigenvalue weighted by atomic mass is 32.1. The van der Waals surface area contributed by atoms with Gasteiger partial charge in [0.1, 0.15) is 0 Å². The Morgan fingerprint density at radius 3 is 3.00 bits per heavy atom. The van der Waals surface area contributed by atoms with E-state index in [-0.39, 0.29) is 17.9 Å². The summed E-state index contributed by atoms with van der Waals surface area (Å²) >= 11 is 1.49. The monoisotopic (exact) mass is 307 g/mol.